The number of piperidine rings is 1. The molecule has 1 aromatic carbocycles. The highest BCUT2D eigenvalue weighted by molar-refractivity contribution is 7.89. The molecule has 8 heteroatoms. The van der Waals surface area contributed by atoms with E-state index in [0.29, 0.717) is 24.0 Å². The second-order valence-electron chi connectivity index (χ2n) is 7.38. The number of aliphatic carboxylic acids is 1. The van der Waals surface area contributed by atoms with Crippen molar-refractivity contribution in [2.45, 2.75) is 57.9 Å². The molecular weight excluding hydrogens is 368 g/mol. The summed E-state index contributed by atoms with van der Waals surface area (Å²) in [6.07, 6.45) is 1.19. The van der Waals surface area contributed by atoms with Crippen molar-refractivity contribution in [3.63, 3.8) is 0 Å². The predicted octanol–water partition coefficient (Wildman–Crippen LogP) is 1.99. The molecule has 0 bridgehead atoms. The molecule has 1 fully saturated rings. The summed E-state index contributed by atoms with van der Waals surface area (Å²) in [5.41, 5.74) is 2.33. The molecule has 0 spiro atoms. The summed E-state index contributed by atoms with van der Waals surface area (Å²) >= 11 is 0. The molecule has 1 saturated heterocycles. The highest BCUT2D eigenvalue weighted by atomic mass is 32.2. The molecule has 2 atom stereocenters. The van der Waals surface area contributed by atoms with E-state index >= 15 is 0 Å². The fraction of sp³-hybridized carbons (Fsp3) is 0.579. The van der Waals surface area contributed by atoms with Crippen LogP contribution in [0.3, 0.4) is 0 Å². The van der Waals surface area contributed by atoms with Gasteiger partial charge >= 0.3 is 5.97 Å². The normalized spacial score (nSPS) is 20.5. The summed E-state index contributed by atoms with van der Waals surface area (Å²) in [6.45, 7) is 7.46. The third kappa shape index (κ3) is 5.07. The Kier molecular flexibility index (Phi) is 6.64. The predicted molar refractivity (Wildman–Crippen MR) is 102 cm³/mol. The van der Waals surface area contributed by atoms with Gasteiger partial charge in [-0.1, -0.05) is 17.7 Å². The van der Waals surface area contributed by atoms with Crippen LogP contribution in [0.2, 0.25) is 0 Å². The van der Waals surface area contributed by atoms with Crippen molar-refractivity contribution >= 4 is 21.9 Å². The minimum Gasteiger partial charge on any atom is -0.481 e. The largest absolute Gasteiger partial charge is 0.481 e. The number of likely N-dealkylation sites (tertiary alicyclic amines) is 1. The van der Waals surface area contributed by atoms with Gasteiger partial charge in [-0.05, 0) is 51.7 Å². The molecule has 27 heavy (non-hydrogen) atoms. The number of hydrogen-bond donors (Lipinski definition) is 2. The van der Waals surface area contributed by atoms with Gasteiger partial charge in [0.25, 0.3) is 0 Å². The Bertz CT molecular complexity index is 811. The van der Waals surface area contributed by atoms with Crippen LogP contribution in [0.25, 0.3) is 0 Å². The van der Waals surface area contributed by atoms with Crippen LogP contribution in [0.15, 0.2) is 17.0 Å². The minimum atomic E-state index is -3.72. The lowest BCUT2D eigenvalue weighted by Crippen LogP contribution is -2.48. The third-order valence-corrected chi connectivity index (χ3v) is 6.82. The number of rotatable bonds is 6. The van der Waals surface area contributed by atoms with Crippen LogP contribution in [0.1, 0.15) is 42.9 Å². The Labute approximate surface area is 160 Å². The molecule has 2 unspecified atom stereocenters. The van der Waals surface area contributed by atoms with E-state index in [-0.39, 0.29) is 36.4 Å². The zero-order chi connectivity index (χ0) is 20.4. The molecule has 0 radical (unpaired) electrons. The average molecular weight is 397 g/mol. The van der Waals surface area contributed by atoms with Crippen LogP contribution in [0.5, 0.6) is 0 Å². The van der Waals surface area contributed by atoms with Crippen LogP contribution in [-0.2, 0) is 19.6 Å². The summed E-state index contributed by atoms with van der Waals surface area (Å²) in [4.78, 5) is 25.5. The molecule has 2 N–H and O–H groups in total. The van der Waals surface area contributed by atoms with Crippen LogP contribution in [0, 0.1) is 26.7 Å². The van der Waals surface area contributed by atoms with E-state index in [4.69, 9.17) is 0 Å². The maximum absolute atomic E-state index is 12.6. The SMILES string of the molecule is Cc1cc(C)c(S(=O)(=O)NCCC(=O)N2CC(C(=O)O)CCC2C)c(C)c1. The van der Waals surface area contributed by atoms with Gasteiger partial charge in [-0.15, -0.1) is 0 Å². The first-order chi connectivity index (χ1) is 12.5. The first kappa shape index (κ1) is 21.4. The Hall–Kier alpha value is -1.93. The molecule has 1 aromatic rings. The van der Waals surface area contributed by atoms with E-state index in [1.54, 1.807) is 18.7 Å². The molecular formula is C19H28N2O5S. The molecule has 2 rings (SSSR count). The lowest BCUT2D eigenvalue weighted by molar-refractivity contribution is -0.147. The number of hydrogen-bond acceptors (Lipinski definition) is 4. The van der Waals surface area contributed by atoms with Gasteiger partial charge in [-0.25, -0.2) is 13.1 Å². The van der Waals surface area contributed by atoms with Crippen LogP contribution in [-0.4, -0.2) is 49.4 Å². The fourth-order valence-electron chi connectivity index (χ4n) is 3.75. The van der Waals surface area contributed by atoms with E-state index in [9.17, 15) is 23.1 Å². The molecule has 7 nitrogen and oxygen atoms in total. The highest BCUT2D eigenvalue weighted by Crippen LogP contribution is 2.23. The van der Waals surface area contributed by atoms with E-state index in [1.165, 1.54) is 0 Å². The number of carbonyl (C=O) groups is 2. The van der Waals surface area contributed by atoms with Gasteiger partial charge in [0.15, 0.2) is 0 Å². The monoisotopic (exact) mass is 396 g/mol. The standard InChI is InChI=1S/C19H28N2O5S/c1-12-9-13(2)18(14(3)10-12)27(25,26)20-8-7-17(22)21-11-16(19(23)24)6-5-15(21)4/h9-10,15-16,20H,5-8,11H2,1-4H3,(H,23,24). The van der Waals surface area contributed by atoms with Crippen molar-refractivity contribution < 1.29 is 23.1 Å². The molecule has 0 saturated carbocycles. The van der Waals surface area contributed by atoms with Crippen LogP contribution in [0.4, 0.5) is 0 Å². The second kappa shape index (κ2) is 8.39. The van der Waals surface area contributed by atoms with Crippen molar-refractivity contribution in [3.05, 3.63) is 28.8 Å². The Morgan fingerprint density at radius 1 is 1.19 bits per heavy atom. The summed E-state index contributed by atoms with van der Waals surface area (Å²) in [6, 6.07) is 3.59. The number of benzene rings is 1. The lowest BCUT2D eigenvalue weighted by Gasteiger charge is -2.36. The molecule has 0 aliphatic carbocycles. The number of sulfonamides is 1. The van der Waals surface area contributed by atoms with Gasteiger partial charge in [-0.2, -0.15) is 0 Å². The summed E-state index contributed by atoms with van der Waals surface area (Å²) < 4.78 is 27.8. The number of carboxylic acid groups (broad SMARTS) is 1. The van der Waals surface area contributed by atoms with Gasteiger partial charge in [0.2, 0.25) is 15.9 Å². The van der Waals surface area contributed by atoms with E-state index in [0.717, 1.165) is 5.56 Å². The molecule has 0 aromatic heterocycles. The van der Waals surface area contributed by atoms with Crippen molar-refractivity contribution in [3.8, 4) is 0 Å². The number of carboxylic acids is 1. The highest BCUT2D eigenvalue weighted by Gasteiger charge is 2.32. The van der Waals surface area contributed by atoms with Crippen molar-refractivity contribution in [1.82, 2.24) is 9.62 Å². The Morgan fingerprint density at radius 2 is 1.78 bits per heavy atom. The van der Waals surface area contributed by atoms with Crippen LogP contribution < -0.4 is 4.72 Å². The van der Waals surface area contributed by atoms with Gasteiger partial charge in [0.1, 0.15) is 0 Å². The first-order valence-electron chi connectivity index (χ1n) is 9.12. The number of amides is 1. The van der Waals surface area contributed by atoms with E-state index < -0.39 is 21.9 Å². The van der Waals surface area contributed by atoms with E-state index in [1.807, 2.05) is 26.0 Å². The van der Waals surface area contributed by atoms with Gasteiger partial charge < -0.3 is 10.0 Å². The smallest absolute Gasteiger partial charge is 0.308 e. The zero-order valence-corrected chi connectivity index (χ0v) is 17.1. The van der Waals surface area contributed by atoms with Gasteiger partial charge in [-0.3, -0.25) is 9.59 Å². The minimum absolute atomic E-state index is 0.000133. The molecule has 1 heterocycles. The number of aryl methyl sites for hydroxylation is 3. The first-order valence-corrected chi connectivity index (χ1v) is 10.6. The average Bonchev–Trinajstić information content (AvgIpc) is 2.53. The topological polar surface area (TPSA) is 104 Å². The maximum atomic E-state index is 12.6. The van der Waals surface area contributed by atoms with Crippen molar-refractivity contribution in [2.24, 2.45) is 5.92 Å². The molecule has 1 aliphatic heterocycles. The van der Waals surface area contributed by atoms with Gasteiger partial charge in [0.05, 0.1) is 10.8 Å². The van der Waals surface area contributed by atoms with Gasteiger partial charge in [0, 0.05) is 25.6 Å². The maximum Gasteiger partial charge on any atom is 0.308 e. The lowest BCUT2D eigenvalue weighted by atomic mass is 9.93. The summed E-state index contributed by atoms with van der Waals surface area (Å²) in [5.74, 6) is -1.68. The second-order valence-corrected chi connectivity index (χ2v) is 9.09. The van der Waals surface area contributed by atoms with Crippen molar-refractivity contribution in [1.29, 1.82) is 0 Å². The Morgan fingerprint density at radius 3 is 2.33 bits per heavy atom. The molecule has 150 valence electrons. The third-order valence-electron chi connectivity index (χ3n) is 5.06. The molecule has 1 amide bonds. The van der Waals surface area contributed by atoms with Crippen molar-refractivity contribution in [2.75, 3.05) is 13.1 Å². The zero-order valence-electron chi connectivity index (χ0n) is 16.3. The van der Waals surface area contributed by atoms with Crippen LogP contribution >= 0.6 is 0 Å². The Balaban J connectivity index is 2.01. The molecule has 1 aliphatic rings. The quantitative estimate of drug-likeness (QED) is 0.765. The number of nitrogens with zero attached hydrogens (tertiary/aromatic N) is 1. The number of nitrogens with one attached hydrogen (secondary N) is 1. The van der Waals surface area contributed by atoms with E-state index in [2.05, 4.69) is 4.72 Å². The summed E-state index contributed by atoms with van der Waals surface area (Å²) in [7, 11) is -3.72. The fourth-order valence-corrected chi connectivity index (χ4v) is 5.24. The summed E-state index contributed by atoms with van der Waals surface area (Å²) in [5, 5.41) is 9.17. The number of carbonyl (C=O) groups excluding carboxylic acids is 1.